The number of ether oxygens (including phenoxy) is 1. The minimum absolute atomic E-state index is 0.0428. The van der Waals surface area contributed by atoms with Crippen molar-refractivity contribution in [2.24, 2.45) is 0 Å². The molecule has 6 nitrogen and oxygen atoms in total. The van der Waals surface area contributed by atoms with E-state index in [2.05, 4.69) is 5.32 Å². The van der Waals surface area contributed by atoms with Crippen LogP contribution >= 0.6 is 0 Å². The first-order chi connectivity index (χ1) is 9.20. The quantitative estimate of drug-likeness (QED) is 0.523. The van der Waals surface area contributed by atoms with Gasteiger partial charge in [-0.1, -0.05) is 6.92 Å². The van der Waals surface area contributed by atoms with Gasteiger partial charge in [0.05, 0.1) is 19.8 Å². The van der Waals surface area contributed by atoms with Gasteiger partial charge >= 0.3 is 11.8 Å². The zero-order valence-corrected chi connectivity index (χ0v) is 11.6. The van der Waals surface area contributed by atoms with E-state index in [9.17, 15) is 9.59 Å². The minimum Gasteiger partial charge on any atom is -0.394 e. The number of rotatable bonds is 6. The Balaban J connectivity index is 2.32. The highest BCUT2D eigenvalue weighted by Crippen LogP contribution is 2.19. The molecule has 2 amide bonds. The second-order valence-electron chi connectivity index (χ2n) is 4.65. The van der Waals surface area contributed by atoms with Gasteiger partial charge in [-0.05, 0) is 25.7 Å². The van der Waals surface area contributed by atoms with Crippen LogP contribution in [0.2, 0.25) is 0 Å². The van der Waals surface area contributed by atoms with Crippen LogP contribution in [0.15, 0.2) is 0 Å². The highest BCUT2D eigenvalue weighted by atomic mass is 16.5. The molecule has 110 valence electrons. The molecule has 2 N–H and O–H groups in total. The van der Waals surface area contributed by atoms with E-state index < -0.39 is 11.8 Å². The third-order valence-electron chi connectivity index (χ3n) is 3.32. The van der Waals surface area contributed by atoms with Crippen molar-refractivity contribution >= 4 is 11.8 Å². The van der Waals surface area contributed by atoms with Crippen LogP contribution in [-0.4, -0.2) is 60.8 Å². The molecule has 0 spiro atoms. The predicted molar refractivity (Wildman–Crippen MR) is 70.6 cm³/mol. The van der Waals surface area contributed by atoms with E-state index in [1.165, 1.54) is 0 Å². The largest absolute Gasteiger partial charge is 0.394 e. The zero-order valence-electron chi connectivity index (χ0n) is 11.6. The normalized spacial score (nSPS) is 19.3. The molecule has 0 radical (unpaired) electrons. The van der Waals surface area contributed by atoms with Crippen molar-refractivity contribution in [2.75, 3.05) is 32.9 Å². The molecule has 1 fully saturated rings. The Labute approximate surface area is 114 Å². The summed E-state index contributed by atoms with van der Waals surface area (Å²) in [6.45, 7) is 3.50. The summed E-state index contributed by atoms with van der Waals surface area (Å²) in [4.78, 5) is 25.4. The fourth-order valence-electron chi connectivity index (χ4n) is 2.30. The Morgan fingerprint density at radius 3 is 2.84 bits per heavy atom. The summed E-state index contributed by atoms with van der Waals surface area (Å²) < 4.78 is 5.01. The Kier molecular flexibility index (Phi) is 7.43. The third-order valence-corrected chi connectivity index (χ3v) is 3.32. The third kappa shape index (κ3) is 5.16. The molecule has 1 atom stereocenters. The molecule has 0 saturated carbocycles. The van der Waals surface area contributed by atoms with Gasteiger partial charge in [0.15, 0.2) is 0 Å². The SMILES string of the molecule is CCC1CCCCN1C(=O)C(=O)NCCOCCO. The molecule has 0 aromatic rings. The summed E-state index contributed by atoms with van der Waals surface area (Å²) in [5, 5.41) is 11.1. The van der Waals surface area contributed by atoms with Crippen LogP contribution in [0.4, 0.5) is 0 Å². The summed E-state index contributed by atoms with van der Waals surface area (Å²) in [5.74, 6) is -0.998. The molecule has 6 heteroatoms. The summed E-state index contributed by atoms with van der Waals surface area (Å²) >= 11 is 0. The highest BCUT2D eigenvalue weighted by Gasteiger charge is 2.29. The number of aliphatic hydroxyl groups excluding tert-OH is 1. The first-order valence-corrected chi connectivity index (χ1v) is 6.98. The van der Waals surface area contributed by atoms with Crippen LogP contribution < -0.4 is 5.32 Å². The number of carbonyl (C=O) groups is 2. The summed E-state index contributed by atoms with van der Waals surface area (Å²) in [7, 11) is 0. The molecule has 1 saturated heterocycles. The van der Waals surface area contributed by atoms with Crippen molar-refractivity contribution in [3.8, 4) is 0 Å². The number of likely N-dealkylation sites (tertiary alicyclic amines) is 1. The van der Waals surface area contributed by atoms with E-state index in [1.54, 1.807) is 4.90 Å². The maximum Gasteiger partial charge on any atom is 0.312 e. The van der Waals surface area contributed by atoms with E-state index in [0.29, 0.717) is 13.2 Å². The topological polar surface area (TPSA) is 78.9 Å². The Bertz CT molecular complexity index is 296. The zero-order chi connectivity index (χ0) is 14.1. The van der Waals surface area contributed by atoms with Crippen LogP contribution in [-0.2, 0) is 14.3 Å². The lowest BCUT2D eigenvalue weighted by atomic mass is 10.00. The minimum atomic E-state index is -0.562. The Hall–Kier alpha value is -1.14. The van der Waals surface area contributed by atoms with Crippen molar-refractivity contribution in [1.82, 2.24) is 10.2 Å². The molecule has 0 aromatic carbocycles. The van der Waals surface area contributed by atoms with Crippen LogP contribution in [0.3, 0.4) is 0 Å². The molecule has 0 aromatic heterocycles. The highest BCUT2D eigenvalue weighted by molar-refractivity contribution is 6.35. The molecule has 1 rings (SSSR count). The summed E-state index contributed by atoms with van der Waals surface area (Å²) in [6.07, 6.45) is 3.96. The van der Waals surface area contributed by atoms with Gasteiger partial charge in [0, 0.05) is 19.1 Å². The number of aliphatic hydroxyl groups is 1. The maximum atomic E-state index is 12.0. The number of amides is 2. The van der Waals surface area contributed by atoms with Gasteiger partial charge < -0.3 is 20.1 Å². The van der Waals surface area contributed by atoms with Crippen molar-refractivity contribution in [2.45, 2.75) is 38.6 Å². The average molecular weight is 272 g/mol. The average Bonchev–Trinajstić information content (AvgIpc) is 2.46. The predicted octanol–water partition coefficient (Wildman–Crippen LogP) is -0.0974. The lowest BCUT2D eigenvalue weighted by molar-refractivity contribution is -0.148. The van der Waals surface area contributed by atoms with Gasteiger partial charge in [-0.25, -0.2) is 0 Å². The van der Waals surface area contributed by atoms with Crippen molar-refractivity contribution in [3.05, 3.63) is 0 Å². The van der Waals surface area contributed by atoms with E-state index >= 15 is 0 Å². The molecular formula is C13H24N2O4. The van der Waals surface area contributed by atoms with E-state index in [0.717, 1.165) is 25.7 Å². The number of carbonyl (C=O) groups excluding carboxylic acids is 2. The number of piperidine rings is 1. The van der Waals surface area contributed by atoms with E-state index in [1.807, 2.05) is 6.92 Å². The second-order valence-corrected chi connectivity index (χ2v) is 4.65. The first-order valence-electron chi connectivity index (χ1n) is 6.98. The van der Waals surface area contributed by atoms with Crippen molar-refractivity contribution in [1.29, 1.82) is 0 Å². The lowest BCUT2D eigenvalue weighted by Gasteiger charge is -2.34. The molecule has 1 heterocycles. The van der Waals surface area contributed by atoms with Gasteiger partial charge in [-0.3, -0.25) is 9.59 Å². The van der Waals surface area contributed by atoms with Crippen LogP contribution in [0.1, 0.15) is 32.6 Å². The number of hydrogen-bond acceptors (Lipinski definition) is 4. The monoisotopic (exact) mass is 272 g/mol. The lowest BCUT2D eigenvalue weighted by Crippen LogP contribution is -2.50. The summed E-state index contributed by atoms with van der Waals surface area (Å²) in [5.41, 5.74) is 0. The van der Waals surface area contributed by atoms with Crippen LogP contribution in [0.25, 0.3) is 0 Å². The fraction of sp³-hybridized carbons (Fsp3) is 0.846. The first kappa shape index (κ1) is 15.9. The number of nitrogens with zero attached hydrogens (tertiary/aromatic N) is 1. The molecular weight excluding hydrogens is 248 g/mol. The number of hydrogen-bond donors (Lipinski definition) is 2. The van der Waals surface area contributed by atoms with Gasteiger partial charge in [0.1, 0.15) is 0 Å². The maximum absolute atomic E-state index is 12.0. The Morgan fingerprint density at radius 1 is 1.37 bits per heavy atom. The molecule has 19 heavy (non-hydrogen) atoms. The van der Waals surface area contributed by atoms with Crippen molar-refractivity contribution < 1.29 is 19.4 Å². The Morgan fingerprint density at radius 2 is 2.16 bits per heavy atom. The molecule has 0 bridgehead atoms. The second kappa shape index (κ2) is 8.87. The molecule has 1 aliphatic heterocycles. The van der Waals surface area contributed by atoms with E-state index in [-0.39, 0.29) is 25.8 Å². The van der Waals surface area contributed by atoms with Crippen LogP contribution in [0, 0.1) is 0 Å². The van der Waals surface area contributed by atoms with Gasteiger partial charge in [0.2, 0.25) is 0 Å². The molecule has 0 aliphatic carbocycles. The molecule has 1 aliphatic rings. The van der Waals surface area contributed by atoms with Gasteiger partial charge in [-0.2, -0.15) is 0 Å². The van der Waals surface area contributed by atoms with Crippen LogP contribution in [0.5, 0.6) is 0 Å². The molecule has 1 unspecified atom stereocenters. The van der Waals surface area contributed by atoms with Crippen molar-refractivity contribution in [3.63, 3.8) is 0 Å². The van der Waals surface area contributed by atoms with Gasteiger partial charge in [-0.15, -0.1) is 0 Å². The number of nitrogens with one attached hydrogen (secondary N) is 1. The standard InChI is InChI=1S/C13H24N2O4/c1-2-11-5-3-4-7-15(11)13(18)12(17)14-6-9-19-10-8-16/h11,16H,2-10H2,1H3,(H,14,17). The fourth-order valence-corrected chi connectivity index (χ4v) is 2.30. The van der Waals surface area contributed by atoms with E-state index in [4.69, 9.17) is 9.84 Å². The summed E-state index contributed by atoms with van der Waals surface area (Å²) in [6, 6.07) is 0.192. The van der Waals surface area contributed by atoms with Gasteiger partial charge in [0.25, 0.3) is 0 Å². The smallest absolute Gasteiger partial charge is 0.312 e.